The Hall–Kier alpha value is -2.97. The van der Waals surface area contributed by atoms with E-state index in [0.717, 1.165) is 32.5 Å². The Labute approximate surface area is 181 Å². The molecule has 1 N–H and O–H groups in total. The second kappa shape index (κ2) is 9.89. The average Bonchev–Trinajstić information content (AvgIpc) is 2.81. The van der Waals surface area contributed by atoms with E-state index in [0.29, 0.717) is 37.6 Å². The highest BCUT2D eigenvalue weighted by Gasteiger charge is 2.25. The zero-order valence-electron chi connectivity index (χ0n) is 17.5. The number of amides is 1. The minimum Gasteiger partial charge on any atom is -0.378 e. The van der Waals surface area contributed by atoms with Gasteiger partial charge in [-0.15, -0.1) is 0 Å². The van der Waals surface area contributed by atoms with Crippen LogP contribution >= 0.6 is 0 Å². The fraction of sp³-hybridized carbons (Fsp3) is 0.435. The highest BCUT2D eigenvalue weighted by atomic mass is 16.6. The molecule has 31 heavy (non-hydrogen) atoms. The molecule has 0 aromatic heterocycles. The van der Waals surface area contributed by atoms with Crippen molar-refractivity contribution >= 4 is 17.3 Å². The van der Waals surface area contributed by atoms with Gasteiger partial charge in [-0.3, -0.25) is 19.8 Å². The first-order valence-corrected chi connectivity index (χ1v) is 10.8. The van der Waals surface area contributed by atoms with Gasteiger partial charge in [0.25, 0.3) is 11.6 Å². The number of rotatable bonds is 6. The number of nitrogens with zero attached hydrogens (tertiary/aromatic N) is 3. The number of likely N-dealkylation sites (tertiary alicyclic amines) is 1. The number of nitrogens with one attached hydrogen (secondary N) is 1. The van der Waals surface area contributed by atoms with Crippen molar-refractivity contribution in [2.75, 3.05) is 44.7 Å². The zero-order valence-corrected chi connectivity index (χ0v) is 17.5. The van der Waals surface area contributed by atoms with Crippen LogP contribution in [0.3, 0.4) is 0 Å². The molecular formula is C23H28N4O4. The van der Waals surface area contributed by atoms with Crippen molar-refractivity contribution in [2.24, 2.45) is 0 Å². The predicted octanol–water partition coefficient (Wildman–Crippen LogP) is 3.14. The summed E-state index contributed by atoms with van der Waals surface area (Å²) in [5, 5.41) is 15.0. The van der Waals surface area contributed by atoms with E-state index in [1.807, 2.05) is 6.07 Å². The number of carbonyl (C=O) groups excluding carboxylic acids is 1. The van der Waals surface area contributed by atoms with E-state index >= 15 is 0 Å². The Bertz CT molecular complexity index is 907. The van der Waals surface area contributed by atoms with Crippen molar-refractivity contribution in [1.82, 2.24) is 9.80 Å². The van der Waals surface area contributed by atoms with Gasteiger partial charge >= 0.3 is 0 Å². The maximum Gasteiger partial charge on any atom is 0.293 e. The summed E-state index contributed by atoms with van der Waals surface area (Å²) in [6, 6.07) is 15.3. The van der Waals surface area contributed by atoms with E-state index < -0.39 is 4.92 Å². The number of hydrogen-bond acceptors (Lipinski definition) is 6. The molecule has 8 nitrogen and oxygen atoms in total. The van der Waals surface area contributed by atoms with Crippen LogP contribution in [-0.2, 0) is 11.3 Å². The number of nitro benzene ring substituents is 1. The lowest BCUT2D eigenvalue weighted by Crippen LogP contribution is -2.40. The molecule has 1 amide bonds. The third kappa shape index (κ3) is 5.39. The van der Waals surface area contributed by atoms with E-state index in [1.165, 1.54) is 11.6 Å². The van der Waals surface area contributed by atoms with Gasteiger partial charge in [-0.2, -0.15) is 0 Å². The molecule has 4 rings (SSSR count). The second-order valence-electron chi connectivity index (χ2n) is 8.07. The van der Waals surface area contributed by atoms with Crippen LogP contribution in [0.15, 0.2) is 48.5 Å². The molecule has 8 heteroatoms. The standard InChI is InChI=1S/C23H28N4O4/c28-23(26-12-14-31-15-13-26)19-6-7-21(22(16-19)27(29)30)24-20-8-10-25(11-9-20)17-18-4-2-1-3-5-18/h1-7,16,20,24H,8-15,17H2. The first-order valence-electron chi connectivity index (χ1n) is 10.8. The largest absolute Gasteiger partial charge is 0.378 e. The Kier molecular flexibility index (Phi) is 6.79. The quantitative estimate of drug-likeness (QED) is 0.566. The summed E-state index contributed by atoms with van der Waals surface area (Å²) < 4.78 is 5.28. The van der Waals surface area contributed by atoms with Crippen molar-refractivity contribution in [3.8, 4) is 0 Å². The van der Waals surface area contributed by atoms with E-state index in [9.17, 15) is 14.9 Å². The maximum absolute atomic E-state index is 12.7. The highest BCUT2D eigenvalue weighted by molar-refractivity contribution is 5.95. The average molecular weight is 425 g/mol. The number of nitro groups is 1. The van der Waals surface area contributed by atoms with E-state index in [-0.39, 0.29) is 17.6 Å². The molecular weight excluding hydrogens is 396 g/mol. The molecule has 0 radical (unpaired) electrons. The molecule has 0 atom stereocenters. The second-order valence-corrected chi connectivity index (χ2v) is 8.07. The Morgan fingerprint density at radius 2 is 1.77 bits per heavy atom. The number of morpholine rings is 1. The third-order valence-corrected chi connectivity index (χ3v) is 5.94. The van der Waals surface area contributed by atoms with Crippen molar-refractivity contribution in [1.29, 1.82) is 0 Å². The van der Waals surface area contributed by atoms with E-state index in [1.54, 1.807) is 17.0 Å². The van der Waals surface area contributed by atoms with E-state index in [4.69, 9.17) is 4.74 Å². The topological polar surface area (TPSA) is 88.0 Å². The van der Waals surface area contributed by atoms with Crippen LogP contribution < -0.4 is 5.32 Å². The summed E-state index contributed by atoms with van der Waals surface area (Å²) in [5.74, 6) is -0.188. The lowest BCUT2D eigenvalue weighted by atomic mass is 10.0. The number of carbonyl (C=O) groups is 1. The Morgan fingerprint density at radius 3 is 2.45 bits per heavy atom. The predicted molar refractivity (Wildman–Crippen MR) is 118 cm³/mol. The molecule has 164 valence electrons. The van der Waals surface area contributed by atoms with Gasteiger partial charge in [0.1, 0.15) is 5.69 Å². The molecule has 2 saturated heterocycles. The smallest absolute Gasteiger partial charge is 0.293 e. The first-order chi connectivity index (χ1) is 15.1. The van der Waals surface area contributed by atoms with Crippen LogP contribution in [0.4, 0.5) is 11.4 Å². The molecule has 0 aliphatic carbocycles. The van der Waals surface area contributed by atoms with Crippen molar-refractivity contribution < 1.29 is 14.5 Å². The molecule has 2 aromatic carbocycles. The van der Waals surface area contributed by atoms with Gasteiger partial charge in [-0.1, -0.05) is 30.3 Å². The molecule has 2 fully saturated rings. The lowest BCUT2D eigenvalue weighted by molar-refractivity contribution is -0.384. The van der Waals surface area contributed by atoms with Gasteiger partial charge < -0.3 is 15.0 Å². The molecule has 2 heterocycles. The lowest BCUT2D eigenvalue weighted by Gasteiger charge is -2.32. The van der Waals surface area contributed by atoms with Crippen LogP contribution in [0.5, 0.6) is 0 Å². The number of benzene rings is 2. The number of hydrogen-bond donors (Lipinski definition) is 1. The Balaban J connectivity index is 1.38. The molecule has 0 unspecified atom stereocenters. The summed E-state index contributed by atoms with van der Waals surface area (Å²) in [6.07, 6.45) is 1.83. The maximum atomic E-state index is 12.7. The summed E-state index contributed by atoms with van der Waals surface area (Å²) in [7, 11) is 0. The fourth-order valence-corrected chi connectivity index (χ4v) is 4.18. The molecule has 2 aliphatic heterocycles. The first kappa shape index (κ1) is 21.3. The molecule has 0 spiro atoms. The third-order valence-electron chi connectivity index (χ3n) is 5.94. The van der Waals surface area contributed by atoms with Gasteiger partial charge in [-0.25, -0.2) is 0 Å². The molecule has 0 saturated carbocycles. The number of ether oxygens (including phenoxy) is 1. The van der Waals surface area contributed by atoms with Gasteiger partial charge in [0.05, 0.1) is 18.1 Å². The summed E-state index contributed by atoms with van der Waals surface area (Å²) >= 11 is 0. The van der Waals surface area contributed by atoms with Gasteiger partial charge in [0.15, 0.2) is 0 Å². The van der Waals surface area contributed by atoms with Crippen molar-refractivity contribution in [3.05, 3.63) is 69.8 Å². The fourth-order valence-electron chi connectivity index (χ4n) is 4.18. The highest BCUT2D eigenvalue weighted by Crippen LogP contribution is 2.29. The van der Waals surface area contributed by atoms with Crippen LogP contribution in [-0.4, -0.2) is 66.1 Å². The summed E-state index contributed by atoms with van der Waals surface area (Å²) in [6.45, 7) is 4.81. The monoisotopic (exact) mass is 424 g/mol. The van der Waals surface area contributed by atoms with Crippen LogP contribution in [0, 0.1) is 10.1 Å². The van der Waals surface area contributed by atoms with Crippen LogP contribution in [0.1, 0.15) is 28.8 Å². The summed E-state index contributed by atoms with van der Waals surface area (Å²) in [4.78, 5) is 28.0. The SMILES string of the molecule is O=C(c1ccc(NC2CCN(Cc3ccccc3)CC2)c([N+](=O)[O-])c1)N1CCOCC1. The van der Waals surface area contributed by atoms with Crippen molar-refractivity contribution in [2.45, 2.75) is 25.4 Å². The molecule has 0 bridgehead atoms. The van der Waals surface area contributed by atoms with Gasteiger partial charge in [-0.05, 0) is 30.5 Å². The van der Waals surface area contributed by atoms with Crippen LogP contribution in [0.2, 0.25) is 0 Å². The molecule has 2 aromatic rings. The zero-order chi connectivity index (χ0) is 21.6. The molecule has 2 aliphatic rings. The normalized spacial score (nSPS) is 18.0. The van der Waals surface area contributed by atoms with Gasteiger partial charge in [0.2, 0.25) is 0 Å². The number of piperidine rings is 1. The number of anilines is 1. The van der Waals surface area contributed by atoms with Gasteiger partial charge in [0, 0.05) is 50.4 Å². The summed E-state index contributed by atoms with van der Waals surface area (Å²) in [5.41, 5.74) is 2.07. The minimum absolute atomic E-state index is 0.0502. The van der Waals surface area contributed by atoms with Crippen molar-refractivity contribution in [3.63, 3.8) is 0 Å². The minimum atomic E-state index is -0.414. The van der Waals surface area contributed by atoms with E-state index in [2.05, 4.69) is 34.5 Å². The Morgan fingerprint density at radius 1 is 1.06 bits per heavy atom. The van der Waals surface area contributed by atoms with Crippen LogP contribution in [0.25, 0.3) is 0 Å².